The number of hydrogen-bond donors (Lipinski definition) is 1. The van der Waals surface area contributed by atoms with Gasteiger partial charge < -0.3 is 24.2 Å². The van der Waals surface area contributed by atoms with Crippen LogP contribution in [0.1, 0.15) is 32.1 Å². The number of carbonyl (C=O) groups excluding carboxylic acids is 1. The van der Waals surface area contributed by atoms with Gasteiger partial charge in [-0.2, -0.15) is 0 Å². The van der Waals surface area contributed by atoms with Crippen molar-refractivity contribution in [3.05, 3.63) is 12.7 Å². The van der Waals surface area contributed by atoms with Crippen molar-refractivity contribution in [3.63, 3.8) is 0 Å². The van der Waals surface area contributed by atoms with Crippen molar-refractivity contribution in [1.29, 1.82) is 0 Å². The Morgan fingerprint density at radius 1 is 1.43 bits per heavy atom. The lowest BCUT2D eigenvalue weighted by Gasteiger charge is -2.25. The van der Waals surface area contributed by atoms with Gasteiger partial charge in [0.25, 0.3) is 0 Å². The molecule has 0 aromatic rings. The first kappa shape index (κ1) is 19.6. The van der Waals surface area contributed by atoms with Crippen molar-refractivity contribution < 1.29 is 28.9 Å². The van der Waals surface area contributed by atoms with Gasteiger partial charge in [0.2, 0.25) is 5.91 Å². The Hall–Kier alpha value is -1.44. The number of allylic oxidation sites excluding steroid dienone is 1. The molecule has 1 unspecified atom stereocenters. The van der Waals surface area contributed by atoms with E-state index in [1.54, 1.807) is 6.08 Å². The molecule has 0 aromatic carbocycles. The molecule has 132 valence electrons. The highest BCUT2D eigenvalue weighted by Crippen LogP contribution is 2.13. The summed E-state index contributed by atoms with van der Waals surface area (Å²) in [6.45, 7) is 4.79. The second-order valence-corrected chi connectivity index (χ2v) is 5.43. The van der Waals surface area contributed by atoms with Gasteiger partial charge in [-0.1, -0.05) is 6.08 Å². The first-order valence-electron chi connectivity index (χ1n) is 7.96. The highest BCUT2D eigenvalue weighted by Gasteiger charge is 2.26. The van der Waals surface area contributed by atoms with E-state index in [-0.39, 0.29) is 31.8 Å². The monoisotopic (exact) mass is 329 g/mol. The number of aliphatic carboxylic acids is 1. The van der Waals surface area contributed by atoms with Crippen molar-refractivity contribution in [2.24, 2.45) is 0 Å². The average molecular weight is 329 g/mol. The van der Waals surface area contributed by atoms with Gasteiger partial charge in [-0.05, 0) is 25.7 Å². The van der Waals surface area contributed by atoms with Crippen molar-refractivity contribution in [2.75, 3.05) is 33.5 Å². The fourth-order valence-electron chi connectivity index (χ4n) is 2.20. The summed E-state index contributed by atoms with van der Waals surface area (Å²) >= 11 is 0. The molecule has 1 rings (SSSR count). The second kappa shape index (κ2) is 11.2. The van der Waals surface area contributed by atoms with Gasteiger partial charge in [0.1, 0.15) is 0 Å². The molecule has 1 fully saturated rings. The summed E-state index contributed by atoms with van der Waals surface area (Å²) in [5.41, 5.74) is 0. The molecular weight excluding hydrogens is 302 g/mol. The van der Waals surface area contributed by atoms with E-state index >= 15 is 0 Å². The lowest BCUT2D eigenvalue weighted by atomic mass is 10.2. The molecule has 0 radical (unpaired) electrons. The smallest absolute Gasteiger partial charge is 0.328 e. The van der Waals surface area contributed by atoms with Crippen LogP contribution in [0.2, 0.25) is 0 Å². The molecule has 1 heterocycles. The van der Waals surface area contributed by atoms with Crippen molar-refractivity contribution in [2.45, 2.75) is 44.4 Å². The Bertz CT molecular complexity index is 381. The minimum atomic E-state index is -1.09. The van der Waals surface area contributed by atoms with Crippen LogP contribution in [-0.2, 0) is 23.8 Å². The highest BCUT2D eigenvalue weighted by molar-refractivity contribution is 5.83. The van der Waals surface area contributed by atoms with Gasteiger partial charge in [0, 0.05) is 20.1 Å². The lowest BCUT2D eigenvalue weighted by Crippen LogP contribution is -2.45. The number of carboxylic acids is 1. The van der Waals surface area contributed by atoms with Crippen LogP contribution in [-0.4, -0.2) is 67.7 Å². The Morgan fingerprint density at radius 3 is 2.83 bits per heavy atom. The van der Waals surface area contributed by atoms with E-state index in [0.717, 1.165) is 19.3 Å². The van der Waals surface area contributed by atoms with Crippen LogP contribution in [0.3, 0.4) is 0 Å². The maximum Gasteiger partial charge on any atom is 0.328 e. The Kier molecular flexibility index (Phi) is 9.51. The van der Waals surface area contributed by atoms with Crippen molar-refractivity contribution in [1.82, 2.24) is 4.90 Å². The SMILES string of the molecule is C=CCCC(=O)N(C)[C@@H](COCCOC1CCCCO1)C(=O)O. The minimum absolute atomic E-state index is 0.0689. The predicted molar refractivity (Wildman–Crippen MR) is 84.0 cm³/mol. The van der Waals surface area contributed by atoms with E-state index in [9.17, 15) is 14.7 Å². The minimum Gasteiger partial charge on any atom is -0.480 e. The molecule has 1 aliphatic rings. The molecule has 1 amide bonds. The van der Waals surface area contributed by atoms with Crippen molar-refractivity contribution >= 4 is 11.9 Å². The first-order valence-corrected chi connectivity index (χ1v) is 7.96. The molecule has 0 spiro atoms. The van der Waals surface area contributed by atoms with Crippen LogP contribution < -0.4 is 0 Å². The number of carboxylic acid groups (broad SMARTS) is 1. The predicted octanol–water partition coefficient (Wildman–Crippen LogP) is 1.42. The summed E-state index contributed by atoms with van der Waals surface area (Å²) in [6, 6.07) is -1.00. The molecule has 1 N–H and O–H groups in total. The summed E-state index contributed by atoms with van der Waals surface area (Å²) in [7, 11) is 1.47. The molecule has 23 heavy (non-hydrogen) atoms. The highest BCUT2D eigenvalue weighted by atomic mass is 16.7. The third kappa shape index (κ3) is 7.58. The van der Waals surface area contributed by atoms with Crippen LogP contribution in [0.15, 0.2) is 12.7 Å². The maximum atomic E-state index is 11.9. The fraction of sp³-hybridized carbons (Fsp3) is 0.750. The summed E-state index contributed by atoms with van der Waals surface area (Å²) < 4.78 is 16.3. The Balaban J connectivity index is 2.25. The van der Waals surface area contributed by atoms with E-state index in [1.165, 1.54) is 11.9 Å². The number of ether oxygens (including phenoxy) is 3. The summed E-state index contributed by atoms with van der Waals surface area (Å²) in [5, 5.41) is 9.23. The standard InChI is InChI=1S/C16H27NO6/c1-3-4-7-14(18)17(2)13(16(19)20)12-21-10-11-23-15-8-5-6-9-22-15/h3,13,15H,1,4-12H2,2H3,(H,19,20)/t13-,15?/m0/s1. The van der Waals surface area contributed by atoms with E-state index in [1.807, 2.05) is 0 Å². The van der Waals surface area contributed by atoms with Gasteiger partial charge >= 0.3 is 5.97 Å². The Labute approximate surface area is 137 Å². The number of nitrogens with zero attached hydrogens (tertiary/aromatic N) is 1. The zero-order chi connectivity index (χ0) is 17.1. The van der Waals surface area contributed by atoms with Gasteiger partial charge in [0.15, 0.2) is 12.3 Å². The average Bonchev–Trinajstić information content (AvgIpc) is 2.55. The molecule has 0 aliphatic carbocycles. The van der Waals surface area contributed by atoms with E-state index in [2.05, 4.69) is 6.58 Å². The van der Waals surface area contributed by atoms with Crippen LogP contribution in [0.25, 0.3) is 0 Å². The van der Waals surface area contributed by atoms with Gasteiger partial charge in [0.05, 0.1) is 19.8 Å². The van der Waals surface area contributed by atoms with Gasteiger partial charge in [-0.3, -0.25) is 4.79 Å². The van der Waals surface area contributed by atoms with Gasteiger partial charge in [-0.25, -0.2) is 4.79 Å². The van der Waals surface area contributed by atoms with Crippen LogP contribution >= 0.6 is 0 Å². The lowest BCUT2D eigenvalue weighted by molar-refractivity contribution is -0.171. The molecule has 0 aromatic heterocycles. The van der Waals surface area contributed by atoms with Crippen LogP contribution in [0.4, 0.5) is 0 Å². The summed E-state index contributed by atoms with van der Waals surface area (Å²) in [6.07, 6.45) is 5.22. The Morgan fingerprint density at radius 2 is 2.22 bits per heavy atom. The third-order valence-corrected chi connectivity index (χ3v) is 3.65. The molecular formula is C16H27NO6. The third-order valence-electron chi connectivity index (χ3n) is 3.65. The largest absolute Gasteiger partial charge is 0.480 e. The zero-order valence-corrected chi connectivity index (χ0v) is 13.7. The topological polar surface area (TPSA) is 85.3 Å². The first-order chi connectivity index (χ1) is 11.1. The van der Waals surface area contributed by atoms with Crippen molar-refractivity contribution in [3.8, 4) is 0 Å². The van der Waals surface area contributed by atoms with E-state index in [0.29, 0.717) is 19.6 Å². The molecule has 7 heteroatoms. The number of rotatable bonds is 11. The van der Waals surface area contributed by atoms with Crippen LogP contribution in [0.5, 0.6) is 0 Å². The zero-order valence-electron chi connectivity index (χ0n) is 13.7. The molecule has 0 saturated carbocycles. The van der Waals surface area contributed by atoms with Crippen LogP contribution in [0, 0.1) is 0 Å². The fourth-order valence-corrected chi connectivity index (χ4v) is 2.20. The molecule has 1 saturated heterocycles. The van der Waals surface area contributed by atoms with Gasteiger partial charge in [-0.15, -0.1) is 6.58 Å². The normalized spacial score (nSPS) is 19.1. The quantitative estimate of drug-likeness (QED) is 0.456. The maximum absolute atomic E-state index is 11.9. The molecule has 1 aliphatic heterocycles. The number of hydrogen-bond acceptors (Lipinski definition) is 5. The van der Waals surface area contributed by atoms with E-state index in [4.69, 9.17) is 14.2 Å². The molecule has 0 bridgehead atoms. The number of likely N-dealkylation sites (N-methyl/N-ethyl adjacent to an activating group) is 1. The molecule has 2 atom stereocenters. The number of carbonyl (C=O) groups is 2. The summed E-state index contributed by atoms with van der Waals surface area (Å²) in [5.74, 6) is -1.33. The second-order valence-electron chi connectivity index (χ2n) is 5.43. The van der Waals surface area contributed by atoms with E-state index < -0.39 is 12.0 Å². The summed E-state index contributed by atoms with van der Waals surface area (Å²) in [4.78, 5) is 24.4. The number of amides is 1. The molecule has 7 nitrogen and oxygen atoms in total.